The van der Waals surface area contributed by atoms with Crippen LogP contribution in [-0.4, -0.2) is 14.3 Å². The van der Waals surface area contributed by atoms with Crippen LogP contribution >= 0.6 is 22.7 Å². The largest absolute Gasteiger partial charge is 0.370 e. The second kappa shape index (κ2) is 28.0. The van der Waals surface area contributed by atoms with Gasteiger partial charge < -0.3 is 10.5 Å². The van der Waals surface area contributed by atoms with E-state index in [4.69, 9.17) is 15.6 Å². The number of rotatable bonds is 23. The number of carbonyl (C=O) groups is 1. The van der Waals surface area contributed by atoms with E-state index < -0.39 is 10.0 Å². The summed E-state index contributed by atoms with van der Waals surface area (Å²) in [6, 6.07) is 32.3. The number of carbonyl (C=O) groups excluding carboxylic acids is 1. The smallest absolute Gasteiger partial charge is 0.238 e. The van der Waals surface area contributed by atoms with Gasteiger partial charge in [-0.25, -0.2) is 13.6 Å². The minimum Gasteiger partial charge on any atom is -0.370 e. The normalized spacial score (nSPS) is 12.2. The fraction of sp³-hybridized carbons (Fsp3) is 0.449. The lowest BCUT2D eigenvalue weighted by molar-refractivity contribution is -0.118. The molecular weight excluding hydrogens is 777 g/mol. The predicted molar refractivity (Wildman–Crippen MR) is 247 cm³/mol. The topological polar surface area (TPSA) is 112 Å². The zero-order valence-electron chi connectivity index (χ0n) is 35.4. The second-order valence-corrected chi connectivity index (χ2v) is 18.8. The molecule has 0 aliphatic carbocycles. The Labute approximate surface area is 358 Å². The van der Waals surface area contributed by atoms with E-state index in [9.17, 15) is 13.2 Å². The molecule has 0 fully saturated rings. The maximum Gasteiger partial charge on any atom is 0.238 e. The van der Waals surface area contributed by atoms with Crippen molar-refractivity contribution in [3.63, 3.8) is 0 Å². The van der Waals surface area contributed by atoms with Crippen LogP contribution in [0.2, 0.25) is 0 Å². The number of primary sulfonamides is 1. The number of hydrogen-bond acceptors (Lipinski definition) is 6. The van der Waals surface area contributed by atoms with Crippen LogP contribution in [0.25, 0.3) is 0 Å². The number of hydrogen-bond donors (Lipinski definition) is 2. The summed E-state index contributed by atoms with van der Waals surface area (Å²) < 4.78 is 28.3. The summed E-state index contributed by atoms with van der Waals surface area (Å²) in [5.74, 6) is -0.153. The van der Waals surface area contributed by atoms with Crippen LogP contribution < -0.4 is 10.9 Å². The molecule has 316 valence electrons. The van der Waals surface area contributed by atoms with Gasteiger partial charge in [0, 0.05) is 16.2 Å². The van der Waals surface area contributed by atoms with Crippen molar-refractivity contribution in [3.05, 3.63) is 145 Å². The Morgan fingerprint density at radius 1 is 0.552 bits per heavy atom. The summed E-state index contributed by atoms with van der Waals surface area (Å²) >= 11 is 3.49. The van der Waals surface area contributed by atoms with Gasteiger partial charge in [0.2, 0.25) is 15.9 Å². The number of benzene rings is 3. The second-order valence-electron chi connectivity index (χ2n) is 15.3. The van der Waals surface area contributed by atoms with Crippen LogP contribution in [0.5, 0.6) is 0 Å². The number of amides is 1. The zero-order chi connectivity index (χ0) is 42.0. The van der Waals surface area contributed by atoms with Gasteiger partial charge in [-0.1, -0.05) is 186 Å². The number of thiophene rings is 2. The van der Waals surface area contributed by atoms with Gasteiger partial charge in [-0.3, -0.25) is 4.79 Å². The van der Waals surface area contributed by atoms with E-state index in [2.05, 4.69) is 104 Å². The summed E-state index contributed by atoms with van der Waals surface area (Å²) in [7, 11) is -3.52. The van der Waals surface area contributed by atoms with Crippen LogP contribution in [0.15, 0.2) is 113 Å². The van der Waals surface area contributed by atoms with E-state index in [0.29, 0.717) is 6.42 Å². The van der Waals surface area contributed by atoms with Crippen LogP contribution in [-0.2, 0) is 19.6 Å². The molecule has 3 aromatic carbocycles. The standard InChI is InChI=1S/C24H22OS2.C18H37NO.C7H9NO2S/c1-17-7-11-19(12-8-17)23(21-5-3-15-26-21)25-24(22-6-4-16-27-22)20-13-9-18(2)10-14-20;1-2-3-4-5-6-7-8-9-10-11-12-13-14-15-16-17-18(19)20;1-6-2-4-7(5-3-6)11(8,9)10/h3-16,23-24H,1-2H3;2-17H2,1H3,(H2,19,20);2-5H,1H3,(H2,8,9,10). The van der Waals surface area contributed by atoms with E-state index in [1.807, 2.05) is 6.92 Å². The highest BCUT2D eigenvalue weighted by atomic mass is 32.2. The monoisotopic (exact) mass is 844 g/mol. The first-order valence-electron chi connectivity index (χ1n) is 21.2. The van der Waals surface area contributed by atoms with E-state index >= 15 is 0 Å². The molecule has 6 nitrogen and oxygen atoms in total. The molecule has 0 aliphatic heterocycles. The third kappa shape index (κ3) is 19.9. The van der Waals surface area contributed by atoms with Gasteiger partial charge in [0.1, 0.15) is 12.2 Å². The minimum atomic E-state index is -3.52. The van der Waals surface area contributed by atoms with Gasteiger partial charge in [0.15, 0.2) is 0 Å². The van der Waals surface area contributed by atoms with Gasteiger partial charge in [-0.2, -0.15) is 0 Å². The van der Waals surface area contributed by atoms with Crippen LogP contribution in [0.4, 0.5) is 0 Å². The lowest BCUT2D eigenvalue weighted by Crippen LogP contribution is -2.11. The van der Waals surface area contributed by atoms with Crippen molar-refractivity contribution in [3.8, 4) is 0 Å². The molecule has 0 aliphatic rings. The van der Waals surface area contributed by atoms with Crippen molar-refractivity contribution in [2.45, 2.75) is 148 Å². The Balaban J connectivity index is 0.000000255. The number of unbranched alkanes of at least 4 members (excludes halogenated alkanes) is 14. The van der Waals surface area contributed by atoms with Crippen molar-refractivity contribution >= 4 is 38.6 Å². The molecule has 1 amide bonds. The third-order valence-corrected chi connectivity index (χ3v) is 12.8. The summed E-state index contributed by atoms with van der Waals surface area (Å²) in [5.41, 5.74) is 11.0. The van der Waals surface area contributed by atoms with E-state index in [0.717, 1.165) is 12.0 Å². The first kappa shape index (κ1) is 48.8. The Morgan fingerprint density at radius 2 is 0.897 bits per heavy atom. The molecule has 5 rings (SSSR count). The Hall–Kier alpha value is -3.60. The SMILES string of the molecule is CCCCCCCCCCCCCCCCCC(N)=O.Cc1ccc(C(OC(c2ccc(C)cc2)c2cccs2)c2cccs2)cc1.Cc1ccc(S(N)(=O)=O)cc1. The molecule has 0 saturated heterocycles. The Morgan fingerprint density at radius 3 is 1.21 bits per heavy atom. The lowest BCUT2D eigenvalue weighted by atomic mass is 10.0. The van der Waals surface area contributed by atoms with Crippen molar-refractivity contribution in [2.24, 2.45) is 10.9 Å². The molecular formula is C49H68N2O4S3. The van der Waals surface area contributed by atoms with Gasteiger partial charge in [0.05, 0.1) is 4.90 Å². The van der Waals surface area contributed by atoms with Crippen molar-refractivity contribution < 1.29 is 17.9 Å². The summed E-state index contributed by atoms with van der Waals surface area (Å²) in [6.07, 6.45) is 20.7. The van der Waals surface area contributed by atoms with Gasteiger partial charge in [-0.15, -0.1) is 22.7 Å². The molecule has 0 radical (unpaired) electrons. The van der Waals surface area contributed by atoms with Crippen molar-refractivity contribution in [2.75, 3.05) is 0 Å². The number of nitrogens with two attached hydrogens (primary N) is 2. The van der Waals surface area contributed by atoms with Crippen molar-refractivity contribution in [1.29, 1.82) is 0 Å². The molecule has 0 spiro atoms. The lowest BCUT2D eigenvalue weighted by Gasteiger charge is -2.25. The van der Waals surface area contributed by atoms with Gasteiger partial charge >= 0.3 is 0 Å². The quantitative estimate of drug-likeness (QED) is 0.0638. The molecule has 2 aromatic heterocycles. The summed E-state index contributed by atoms with van der Waals surface area (Å²) in [5, 5.41) is 9.11. The molecule has 5 aromatic rings. The average Bonchev–Trinajstić information content (AvgIpc) is 3.94. The van der Waals surface area contributed by atoms with Crippen LogP contribution in [0.1, 0.15) is 159 Å². The predicted octanol–water partition coefficient (Wildman–Crippen LogP) is 13.7. The molecule has 0 saturated carbocycles. The molecule has 2 atom stereocenters. The van der Waals surface area contributed by atoms with Crippen molar-refractivity contribution in [1.82, 2.24) is 0 Å². The summed E-state index contributed by atoms with van der Waals surface area (Å²) in [6.45, 7) is 8.39. The number of sulfonamides is 1. The van der Waals surface area contributed by atoms with Gasteiger partial charge in [0.25, 0.3) is 0 Å². The molecule has 0 bridgehead atoms. The summed E-state index contributed by atoms with van der Waals surface area (Å²) in [4.78, 5) is 13.2. The van der Waals surface area contributed by atoms with E-state index in [1.165, 1.54) is 134 Å². The third-order valence-electron chi connectivity index (χ3n) is 10.0. The number of aryl methyl sites for hydroxylation is 3. The number of primary amides is 1. The molecule has 58 heavy (non-hydrogen) atoms. The molecule has 2 unspecified atom stereocenters. The fourth-order valence-corrected chi connectivity index (χ4v) is 8.61. The maximum absolute atomic E-state index is 10.7. The number of ether oxygens (including phenoxy) is 1. The van der Waals surface area contributed by atoms with Gasteiger partial charge in [-0.05, 0) is 73.3 Å². The molecule has 4 N–H and O–H groups in total. The first-order valence-corrected chi connectivity index (χ1v) is 24.5. The molecule has 2 heterocycles. The average molecular weight is 845 g/mol. The molecule has 9 heteroatoms. The maximum atomic E-state index is 10.7. The first-order chi connectivity index (χ1) is 28.0. The zero-order valence-corrected chi connectivity index (χ0v) is 37.8. The highest BCUT2D eigenvalue weighted by molar-refractivity contribution is 7.89. The minimum absolute atomic E-state index is 0.0843. The Kier molecular flexibility index (Phi) is 23.5. The van der Waals surface area contributed by atoms with Crippen LogP contribution in [0.3, 0.4) is 0 Å². The highest BCUT2D eigenvalue weighted by Crippen LogP contribution is 2.39. The van der Waals surface area contributed by atoms with Crippen LogP contribution in [0, 0.1) is 20.8 Å². The van der Waals surface area contributed by atoms with E-state index in [-0.39, 0.29) is 23.0 Å². The highest BCUT2D eigenvalue weighted by Gasteiger charge is 2.24. The fourth-order valence-electron chi connectivity index (χ4n) is 6.52. The Bertz CT molecular complexity index is 1810. The van der Waals surface area contributed by atoms with E-state index in [1.54, 1.807) is 34.8 Å².